The highest BCUT2D eigenvalue weighted by molar-refractivity contribution is 5.40. The highest BCUT2D eigenvalue weighted by Crippen LogP contribution is 2.49. The van der Waals surface area contributed by atoms with Crippen LogP contribution >= 0.6 is 0 Å². The van der Waals surface area contributed by atoms with Gasteiger partial charge in [0.15, 0.2) is 0 Å². The van der Waals surface area contributed by atoms with Crippen molar-refractivity contribution in [3.63, 3.8) is 0 Å². The van der Waals surface area contributed by atoms with Crippen LogP contribution in [0.15, 0.2) is 0 Å². The molecular formula is C16H17F8N5. The van der Waals surface area contributed by atoms with Crippen LogP contribution in [0.2, 0.25) is 0 Å². The number of aromatic nitrogens is 3. The molecule has 0 unspecified atom stereocenters. The molecule has 1 aromatic heterocycles. The van der Waals surface area contributed by atoms with Gasteiger partial charge in [0.25, 0.3) is 0 Å². The molecule has 162 valence electrons. The summed E-state index contributed by atoms with van der Waals surface area (Å²) in [7, 11) is 0. The third-order valence-corrected chi connectivity index (χ3v) is 4.15. The van der Waals surface area contributed by atoms with E-state index in [0.717, 1.165) is 13.8 Å². The number of nitrogens with one attached hydrogen (secondary N) is 2. The first-order chi connectivity index (χ1) is 13.2. The fraction of sp³-hybridized carbons (Fsp3) is 0.688. The second-order valence-corrected chi connectivity index (χ2v) is 6.75. The predicted molar refractivity (Wildman–Crippen MR) is 87.3 cm³/mol. The Morgan fingerprint density at radius 2 is 1.34 bits per heavy atom. The van der Waals surface area contributed by atoms with Crippen LogP contribution < -0.4 is 10.6 Å². The summed E-state index contributed by atoms with van der Waals surface area (Å²) in [6.45, 7) is 1.53. The molecule has 0 radical (unpaired) electrons. The Morgan fingerprint density at radius 1 is 0.897 bits per heavy atom. The fourth-order valence-electron chi connectivity index (χ4n) is 2.13. The molecule has 2 rings (SSSR count). The van der Waals surface area contributed by atoms with Crippen LogP contribution in [0.5, 0.6) is 0 Å². The monoisotopic (exact) mass is 431 g/mol. The zero-order valence-electron chi connectivity index (χ0n) is 15.2. The predicted octanol–water partition coefficient (Wildman–Crippen LogP) is 4.38. The average Bonchev–Trinajstić information content (AvgIpc) is 3.30. The lowest BCUT2D eigenvalue weighted by atomic mass is 10.0. The SMILES string of the molecule is C[C@@H](Nc1nc(C#CC2(CC(F)F)CC2)nc(N[C@H](C)C(F)(F)F)n1)C(F)(F)F. The maximum absolute atomic E-state index is 12.7. The average molecular weight is 431 g/mol. The van der Waals surface area contributed by atoms with Gasteiger partial charge in [-0.3, -0.25) is 0 Å². The van der Waals surface area contributed by atoms with Crippen molar-refractivity contribution in [3.05, 3.63) is 5.82 Å². The summed E-state index contributed by atoms with van der Waals surface area (Å²) in [4.78, 5) is 10.8. The zero-order chi connectivity index (χ0) is 22.0. The van der Waals surface area contributed by atoms with E-state index in [4.69, 9.17) is 0 Å². The Labute approximate surface area is 160 Å². The third kappa shape index (κ3) is 6.86. The van der Waals surface area contributed by atoms with Gasteiger partial charge in [0, 0.05) is 11.8 Å². The van der Waals surface area contributed by atoms with E-state index >= 15 is 0 Å². The van der Waals surface area contributed by atoms with Gasteiger partial charge in [-0.15, -0.1) is 0 Å². The summed E-state index contributed by atoms with van der Waals surface area (Å²) in [5.74, 6) is 3.19. The molecule has 1 saturated carbocycles. The van der Waals surface area contributed by atoms with Crippen LogP contribution in [-0.2, 0) is 0 Å². The molecule has 0 saturated heterocycles. The van der Waals surface area contributed by atoms with Crippen LogP contribution in [-0.4, -0.2) is 45.8 Å². The second kappa shape index (κ2) is 8.16. The van der Waals surface area contributed by atoms with Crippen LogP contribution in [0.4, 0.5) is 47.0 Å². The van der Waals surface area contributed by atoms with Crippen molar-refractivity contribution < 1.29 is 35.1 Å². The van der Waals surface area contributed by atoms with E-state index < -0.39 is 60.4 Å². The summed E-state index contributed by atoms with van der Waals surface area (Å²) in [5.41, 5.74) is -0.944. The molecule has 1 aliphatic carbocycles. The van der Waals surface area contributed by atoms with E-state index in [1.807, 2.05) is 10.6 Å². The molecule has 0 bridgehead atoms. The molecule has 1 aliphatic rings. The van der Waals surface area contributed by atoms with Crippen molar-refractivity contribution in [3.8, 4) is 11.8 Å². The lowest BCUT2D eigenvalue weighted by molar-refractivity contribution is -0.139. The molecule has 2 N–H and O–H groups in total. The van der Waals surface area contributed by atoms with Crippen molar-refractivity contribution in [2.45, 2.75) is 64.0 Å². The quantitative estimate of drug-likeness (QED) is 0.517. The van der Waals surface area contributed by atoms with Gasteiger partial charge in [0.05, 0.1) is 0 Å². The molecule has 1 heterocycles. The lowest BCUT2D eigenvalue weighted by Gasteiger charge is -2.19. The Kier molecular flexibility index (Phi) is 6.44. The Hall–Kier alpha value is -2.39. The van der Waals surface area contributed by atoms with Gasteiger partial charge in [0.1, 0.15) is 12.1 Å². The highest BCUT2D eigenvalue weighted by Gasteiger charge is 2.43. The van der Waals surface area contributed by atoms with E-state index in [0.29, 0.717) is 12.8 Å². The van der Waals surface area contributed by atoms with E-state index in [1.54, 1.807) is 0 Å². The standard InChI is InChI=1S/C16H17F8N5/c1-8(15(19,20)21)25-12-27-11(3-4-14(5-6-14)7-10(17)18)28-13(29-12)26-9(2)16(22,23)24/h8-10H,5-7H2,1-2H3,(H2,25,26,27,28,29)/t8-,9-/m1/s1. The number of anilines is 2. The minimum Gasteiger partial charge on any atom is -0.343 e. The molecule has 0 aliphatic heterocycles. The first kappa shape index (κ1) is 22.9. The van der Waals surface area contributed by atoms with Gasteiger partial charge >= 0.3 is 12.4 Å². The largest absolute Gasteiger partial charge is 0.408 e. The number of halogens is 8. The summed E-state index contributed by atoms with van der Waals surface area (Å²) in [5, 5.41) is 3.85. The molecule has 13 heteroatoms. The maximum atomic E-state index is 12.7. The maximum Gasteiger partial charge on any atom is 0.408 e. The van der Waals surface area contributed by atoms with Gasteiger partial charge in [0.2, 0.25) is 24.1 Å². The number of nitrogens with zero attached hydrogens (tertiary/aromatic N) is 3. The molecular weight excluding hydrogens is 414 g/mol. The minimum atomic E-state index is -4.67. The van der Waals surface area contributed by atoms with Crippen molar-refractivity contribution in [2.24, 2.45) is 5.41 Å². The van der Waals surface area contributed by atoms with Crippen molar-refractivity contribution >= 4 is 11.9 Å². The van der Waals surface area contributed by atoms with Crippen molar-refractivity contribution in [1.82, 2.24) is 15.0 Å². The second-order valence-electron chi connectivity index (χ2n) is 6.75. The molecule has 5 nitrogen and oxygen atoms in total. The van der Waals surface area contributed by atoms with Crippen LogP contribution in [0, 0.1) is 17.3 Å². The first-order valence-electron chi connectivity index (χ1n) is 8.44. The summed E-state index contributed by atoms with van der Waals surface area (Å²) >= 11 is 0. The third-order valence-electron chi connectivity index (χ3n) is 4.15. The molecule has 2 atom stereocenters. The lowest BCUT2D eigenvalue weighted by Crippen LogP contribution is -2.35. The molecule has 29 heavy (non-hydrogen) atoms. The van der Waals surface area contributed by atoms with Crippen molar-refractivity contribution in [1.29, 1.82) is 0 Å². The smallest absolute Gasteiger partial charge is 0.343 e. The van der Waals surface area contributed by atoms with E-state index in [1.165, 1.54) is 0 Å². The zero-order valence-corrected chi connectivity index (χ0v) is 15.2. The van der Waals surface area contributed by atoms with E-state index in [2.05, 4.69) is 26.8 Å². The summed E-state index contributed by atoms with van der Waals surface area (Å²) < 4.78 is 102. The molecule has 0 amide bonds. The molecule has 1 aromatic rings. The summed E-state index contributed by atoms with van der Waals surface area (Å²) in [6.07, 6.45) is -11.6. The minimum absolute atomic E-state index is 0.405. The number of alkyl halides is 8. The molecule has 0 spiro atoms. The number of hydrogen-bond donors (Lipinski definition) is 2. The Bertz CT molecular complexity index is 736. The fourth-order valence-corrected chi connectivity index (χ4v) is 2.13. The van der Waals surface area contributed by atoms with Crippen LogP contribution in [0.25, 0.3) is 0 Å². The highest BCUT2D eigenvalue weighted by atomic mass is 19.4. The van der Waals surface area contributed by atoms with Gasteiger partial charge in [-0.2, -0.15) is 41.3 Å². The Balaban J connectivity index is 2.32. The van der Waals surface area contributed by atoms with E-state index in [-0.39, 0.29) is 0 Å². The van der Waals surface area contributed by atoms with Crippen LogP contribution in [0.3, 0.4) is 0 Å². The van der Waals surface area contributed by atoms with E-state index in [9.17, 15) is 35.1 Å². The van der Waals surface area contributed by atoms with Crippen LogP contribution in [0.1, 0.15) is 38.9 Å². The number of rotatable bonds is 6. The van der Waals surface area contributed by atoms with Gasteiger partial charge in [-0.25, -0.2) is 8.78 Å². The molecule has 1 fully saturated rings. The molecule has 0 aromatic carbocycles. The summed E-state index contributed by atoms with van der Waals surface area (Å²) in [6, 6.07) is -4.21. The number of hydrogen-bond acceptors (Lipinski definition) is 5. The normalized spacial score (nSPS) is 17.9. The van der Waals surface area contributed by atoms with Gasteiger partial charge in [-0.1, -0.05) is 5.92 Å². The van der Waals surface area contributed by atoms with Gasteiger partial charge in [-0.05, 0) is 32.6 Å². The van der Waals surface area contributed by atoms with Crippen molar-refractivity contribution in [2.75, 3.05) is 10.6 Å². The topological polar surface area (TPSA) is 62.7 Å². The first-order valence-corrected chi connectivity index (χ1v) is 8.44. The Morgan fingerprint density at radius 3 is 1.69 bits per heavy atom. The van der Waals surface area contributed by atoms with Gasteiger partial charge < -0.3 is 10.6 Å².